The van der Waals surface area contributed by atoms with E-state index < -0.39 is 54.3 Å². The number of amides is 2. The molecule has 0 aliphatic carbocycles. The number of rotatable bonds is 11. The molecule has 2 amide bonds. The van der Waals surface area contributed by atoms with Crippen molar-refractivity contribution in [2.45, 2.75) is 38.3 Å². The Morgan fingerprint density at radius 3 is 2.38 bits per heavy atom. The third-order valence-corrected chi connectivity index (χ3v) is 4.70. The maximum absolute atomic E-state index is 12.9. The number of nitrogens with zero attached hydrogens (tertiary/aromatic N) is 1. The van der Waals surface area contributed by atoms with E-state index in [1.807, 2.05) is 6.07 Å². The number of carboxylic acid groups (broad SMARTS) is 1. The standard InChI is InChI=1S/C22H24FN3O6/c1-2-17(21(31)25-16(12-20(29)30)18(27)13-23)26-10-6-9-15(22(26)32)24-19(28)11-14-7-4-3-5-8-14/h3-10,16-17H,2,11-13H2,1H3,(H,24,28)(H,25,31)(H,29,30)/t16?,17-/m1/s1. The first-order valence-corrected chi connectivity index (χ1v) is 9.92. The van der Waals surface area contributed by atoms with Gasteiger partial charge < -0.3 is 20.3 Å². The van der Waals surface area contributed by atoms with Gasteiger partial charge in [0.2, 0.25) is 11.8 Å². The van der Waals surface area contributed by atoms with E-state index in [-0.39, 0.29) is 18.5 Å². The van der Waals surface area contributed by atoms with Gasteiger partial charge in [-0.3, -0.25) is 24.0 Å². The van der Waals surface area contributed by atoms with Crippen molar-refractivity contribution in [3.8, 4) is 0 Å². The number of aliphatic carboxylic acids is 1. The fourth-order valence-corrected chi connectivity index (χ4v) is 3.12. The summed E-state index contributed by atoms with van der Waals surface area (Å²) in [5.74, 6) is -3.69. The molecule has 0 saturated heterocycles. The molecule has 1 heterocycles. The summed E-state index contributed by atoms with van der Waals surface area (Å²) in [7, 11) is 0. The Bertz CT molecular complexity index is 1040. The molecule has 0 spiro atoms. The minimum atomic E-state index is -1.55. The van der Waals surface area contributed by atoms with E-state index in [1.54, 1.807) is 31.2 Å². The van der Waals surface area contributed by atoms with Crippen LogP contribution in [0.3, 0.4) is 0 Å². The van der Waals surface area contributed by atoms with E-state index in [9.17, 15) is 28.4 Å². The van der Waals surface area contributed by atoms with Crippen LogP contribution in [0.25, 0.3) is 0 Å². The van der Waals surface area contributed by atoms with Gasteiger partial charge in [-0.05, 0) is 24.1 Å². The number of nitrogens with one attached hydrogen (secondary N) is 2. The highest BCUT2D eigenvalue weighted by atomic mass is 19.1. The highest BCUT2D eigenvalue weighted by Gasteiger charge is 2.28. The largest absolute Gasteiger partial charge is 0.481 e. The van der Waals surface area contributed by atoms with E-state index >= 15 is 0 Å². The molecule has 0 radical (unpaired) electrons. The number of hydrogen-bond acceptors (Lipinski definition) is 5. The summed E-state index contributed by atoms with van der Waals surface area (Å²) >= 11 is 0. The first kappa shape index (κ1) is 24.4. The number of aromatic nitrogens is 1. The molecule has 9 nitrogen and oxygen atoms in total. The number of carboxylic acids is 1. The summed E-state index contributed by atoms with van der Waals surface area (Å²) in [5.41, 5.74) is 0.0678. The molecule has 170 valence electrons. The number of carbonyl (C=O) groups is 4. The van der Waals surface area contributed by atoms with Gasteiger partial charge in [-0.1, -0.05) is 37.3 Å². The number of halogens is 1. The van der Waals surface area contributed by atoms with Crippen LogP contribution >= 0.6 is 0 Å². The number of alkyl halides is 1. The maximum Gasteiger partial charge on any atom is 0.305 e. The van der Waals surface area contributed by atoms with Crippen LogP contribution in [-0.2, 0) is 25.6 Å². The van der Waals surface area contributed by atoms with Crippen molar-refractivity contribution in [3.63, 3.8) is 0 Å². The van der Waals surface area contributed by atoms with Crippen LogP contribution in [0.15, 0.2) is 53.5 Å². The predicted molar refractivity (Wildman–Crippen MR) is 114 cm³/mol. The van der Waals surface area contributed by atoms with Crippen molar-refractivity contribution in [2.75, 3.05) is 12.0 Å². The molecule has 1 unspecified atom stereocenters. The summed E-state index contributed by atoms with van der Waals surface area (Å²) < 4.78 is 13.8. The lowest BCUT2D eigenvalue weighted by Gasteiger charge is -2.22. The Balaban J connectivity index is 2.20. The number of anilines is 1. The molecule has 2 aromatic rings. The predicted octanol–water partition coefficient (Wildman–Crippen LogP) is 1.48. The van der Waals surface area contributed by atoms with Crippen LogP contribution in [0.1, 0.15) is 31.4 Å². The van der Waals surface area contributed by atoms with Crippen molar-refractivity contribution in [1.29, 1.82) is 0 Å². The van der Waals surface area contributed by atoms with Gasteiger partial charge in [-0.25, -0.2) is 4.39 Å². The first-order chi connectivity index (χ1) is 15.3. The van der Waals surface area contributed by atoms with E-state index in [0.29, 0.717) is 0 Å². The van der Waals surface area contributed by atoms with E-state index in [1.165, 1.54) is 18.3 Å². The van der Waals surface area contributed by atoms with Crippen molar-refractivity contribution < 1.29 is 28.7 Å². The van der Waals surface area contributed by atoms with Gasteiger partial charge in [0.1, 0.15) is 24.4 Å². The van der Waals surface area contributed by atoms with E-state index in [2.05, 4.69) is 10.6 Å². The molecule has 32 heavy (non-hydrogen) atoms. The van der Waals surface area contributed by atoms with Crippen LogP contribution in [0.2, 0.25) is 0 Å². The Morgan fingerprint density at radius 1 is 1.09 bits per heavy atom. The Morgan fingerprint density at radius 2 is 1.78 bits per heavy atom. The van der Waals surface area contributed by atoms with Crippen LogP contribution in [-0.4, -0.2) is 46.0 Å². The number of Topliss-reactive ketones (excluding diaryl/α,β-unsaturated/α-hetero) is 1. The highest BCUT2D eigenvalue weighted by Crippen LogP contribution is 2.12. The Labute approximate surface area is 183 Å². The quantitative estimate of drug-likeness (QED) is 0.480. The second kappa shape index (κ2) is 11.5. The van der Waals surface area contributed by atoms with Crippen molar-refractivity contribution in [2.24, 2.45) is 0 Å². The average molecular weight is 445 g/mol. The molecule has 1 aromatic carbocycles. The number of pyridine rings is 1. The number of ketones is 1. The molecule has 0 saturated carbocycles. The van der Waals surface area contributed by atoms with Crippen LogP contribution in [0.4, 0.5) is 10.1 Å². The molecule has 3 N–H and O–H groups in total. The third-order valence-electron chi connectivity index (χ3n) is 4.70. The lowest BCUT2D eigenvalue weighted by atomic mass is 10.1. The summed E-state index contributed by atoms with van der Waals surface area (Å²) in [6.45, 7) is 0.179. The van der Waals surface area contributed by atoms with Gasteiger partial charge in [0, 0.05) is 6.20 Å². The minimum Gasteiger partial charge on any atom is -0.481 e. The molecule has 2 atom stereocenters. The molecular formula is C22H24FN3O6. The number of hydrogen-bond donors (Lipinski definition) is 3. The molecule has 10 heteroatoms. The van der Waals surface area contributed by atoms with Crippen molar-refractivity contribution >= 4 is 29.3 Å². The summed E-state index contributed by atoms with van der Waals surface area (Å²) in [6.07, 6.45) is 0.730. The first-order valence-electron chi connectivity index (χ1n) is 9.92. The van der Waals surface area contributed by atoms with Gasteiger partial charge >= 0.3 is 5.97 Å². The highest BCUT2D eigenvalue weighted by molar-refractivity contribution is 5.94. The molecule has 2 rings (SSSR count). The van der Waals surface area contributed by atoms with Crippen LogP contribution in [0, 0.1) is 0 Å². The van der Waals surface area contributed by atoms with Gasteiger partial charge in [-0.15, -0.1) is 0 Å². The lowest BCUT2D eigenvalue weighted by molar-refractivity contribution is -0.140. The lowest BCUT2D eigenvalue weighted by Crippen LogP contribution is -2.47. The van der Waals surface area contributed by atoms with Crippen molar-refractivity contribution in [3.05, 3.63) is 64.6 Å². The zero-order valence-corrected chi connectivity index (χ0v) is 17.4. The van der Waals surface area contributed by atoms with Crippen LogP contribution < -0.4 is 16.2 Å². The Hall–Kier alpha value is -3.82. The van der Waals surface area contributed by atoms with Crippen LogP contribution in [0.5, 0.6) is 0 Å². The monoisotopic (exact) mass is 445 g/mol. The summed E-state index contributed by atoms with van der Waals surface area (Å²) in [4.78, 5) is 60.4. The number of carbonyl (C=O) groups excluding carboxylic acids is 3. The van der Waals surface area contributed by atoms with Gasteiger partial charge in [0.05, 0.1) is 12.8 Å². The molecule has 0 bridgehead atoms. The summed E-state index contributed by atoms with van der Waals surface area (Å²) in [6, 6.07) is 9.14. The van der Waals surface area contributed by atoms with Gasteiger partial charge in [0.15, 0.2) is 5.78 Å². The van der Waals surface area contributed by atoms with Gasteiger partial charge in [-0.2, -0.15) is 0 Å². The fourth-order valence-electron chi connectivity index (χ4n) is 3.12. The second-order valence-corrected chi connectivity index (χ2v) is 7.03. The zero-order chi connectivity index (χ0) is 23.7. The number of benzene rings is 1. The third kappa shape index (κ3) is 6.59. The maximum atomic E-state index is 12.9. The average Bonchev–Trinajstić information content (AvgIpc) is 2.76. The second-order valence-electron chi connectivity index (χ2n) is 7.03. The topological polar surface area (TPSA) is 135 Å². The minimum absolute atomic E-state index is 0.0402. The molecule has 1 aromatic heterocycles. The SMILES string of the molecule is CC[C@H](C(=O)NC(CC(=O)O)C(=O)CF)n1cccc(NC(=O)Cc2ccccc2)c1=O. The molecular weight excluding hydrogens is 421 g/mol. The fraction of sp³-hybridized carbons (Fsp3) is 0.318. The van der Waals surface area contributed by atoms with E-state index in [4.69, 9.17) is 5.11 Å². The van der Waals surface area contributed by atoms with E-state index in [0.717, 1.165) is 10.1 Å². The smallest absolute Gasteiger partial charge is 0.305 e. The Kier molecular flexibility index (Phi) is 8.82. The zero-order valence-electron chi connectivity index (χ0n) is 17.4. The van der Waals surface area contributed by atoms with Crippen molar-refractivity contribution in [1.82, 2.24) is 9.88 Å². The van der Waals surface area contributed by atoms with Gasteiger partial charge in [0.25, 0.3) is 5.56 Å². The normalized spacial score (nSPS) is 12.4. The summed E-state index contributed by atoms with van der Waals surface area (Å²) in [5, 5.41) is 13.6. The molecule has 0 aliphatic rings. The molecule has 0 fully saturated rings. The molecule has 0 aliphatic heterocycles.